The molecule has 82 heavy (non-hydrogen) atoms. The average Bonchev–Trinajstić information content (AvgIpc) is 3.47. The van der Waals surface area contributed by atoms with Gasteiger partial charge in [0.25, 0.3) is 0 Å². The topological polar surface area (TPSA) is 78.9 Å². The summed E-state index contributed by atoms with van der Waals surface area (Å²) >= 11 is 0. The van der Waals surface area contributed by atoms with Gasteiger partial charge in [0.1, 0.15) is 13.2 Å². The first-order valence-corrected chi connectivity index (χ1v) is 37.7. The Morgan fingerprint density at radius 2 is 0.402 bits per heavy atom. The quantitative estimate of drug-likeness (QED) is 0.0261. The van der Waals surface area contributed by atoms with E-state index in [1.807, 2.05) is 0 Å². The van der Waals surface area contributed by atoms with Crippen molar-refractivity contribution < 1.29 is 28.6 Å². The molecule has 6 nitrogen and oxygen atoms in total. The molecular weight excluding hydrogens is 1010 g/mol. The highest BCUT2D eigenvalue weighted by molar-refractivity contribution is 5.71. The molecule has 486 valence electrons. The highest BCUT2D eigenvalue weighted by Gasteiger charge is 2.20. The summed E-state index contributed by atoms with van der Waals surface area (Å²) in [5.74, 6) is -0.834. The van der Waals surface area contributed by atoms with Gasteiger partial charge >= 0.3 is 17.9 Å². The number of rotatable bonds is 71. The molecule has 1 atom stereocenters. The molecule has 0 aliphatic heterocycles. The largest absolute Gasteiger partial charge is 0.462 e. The standard InChI is InChI=1S/C76H146O6/c1-4-7-10-13-16-19-22-25-28-31-33-35-37-39-41-43-45-48-51-54-57-60-63-66-69-75(78)81-72-73(71-80-74(77)68-65-62-59-56-53-50-47-30-27-24-21-18-15-12-9-6-3)82-76(79)70-67-64-61-58-55-52-49-46-44-42-40-38-36-34-32-29-26-23-20-17-14-11-8-5-2/h30,47,73H,4-29,31-46,48-72H2,1-3H3/b47-30-. The Hall–Kier alpha value is -1.85. The van der Waals surface area contributed by atoms with Crippen LogP contribution in [0.1, 0.15) is 438 Å². The zero-order chi connectivity index (χ0) is 59.2. The van der Waals surface area contributed by atoms with Crippen molar-refractivity contribution in [1.82, 2.24) is 0 Å². The fourth-order valence-corrected chi connectivity index (χ4v) is 11.9. The smallest absolute Gasteiger partial charge is 0.306 e. The number of ether oxygens (including phenoxy) is 3. The maximum Gasteiger partial charge on any atom is 0.306 e. The number of hydrogen-bond acceptors (Lipinski definition) is 6. The normalized spacial score (nSPS) is 12.0. The number of hydrogen-bond donors (Lipinski definition) is 0. The van der Waals surface area contributed by atoms with Gasteiger partial charge in [-0.15, -0.1) is 0 Å². The summed E-state index contributed by atoms with van der Waals surface area (Å²) in [6, 6.07) is 0. The second kappa shape index (κ2) is 71.6. The first kappa shape index (κ1) is 80.2. The predicted octanol–water partition coefficient (Wildman–Crippen LogP) is 26.0. The molecule has 0 saturated carbocycles. The third-order valence-electron chi connectivity index (χ3n) is 17.5. The van der Waals surface area contributed by atoms with Gasteiger partial charge in [-0.05, 0) is 44.9 Å². The summed E-state index contributed by atoms with van der Waals surface area (Å²) in [4.78, 5) is 38.5. The van der Waals surface area contributed by atoms with E-state index in [0.29, 0.717) is 19.3 Å². The molecule has 0 fully saturated rings. The molecule has 0 aliphatic carbocycles. The zero-order valence-corrected chi connectivity index (χ0v) is 56.1. The van der Waals surface area contributed by atoms with Crippen LogP contribution in [0.4, 0.5) is 0 Å². The van der Waals surface area contributed by atoms with Crippen LogP contribution in [0.25, 0.3) is 0 Å². The van der Waals surface area contributed by atoms with Gasteiger partial charge in [-0.2, -0.15) is 0 Å². The Morgan fingerprint density at radius 1 is 0.232 bits per heavy atom. The second-order valence-electron chi connectivity index (χ2n) is 25.9. The van der Waals surface area contributed by atoms with Gasteiger partial charge in [0.15, 0.2) is 6.10 Å². The first-order valence-electron chi connectivity index (χ1n) is 37.7. The highest BCUT2D eigenvalue weighted by atomic mass is 16.6. The van der Waals surface area contributed by atoms with Crippen molar-refractivity contribution in [3.63, 3.8) is 0 Å². The fourth-order valence-electron chi connectivity index (χ4n) is 11.9. The van der Waals surface area contributed by atoms with Gasteiger partial charge < -0.3 is 14.2 Å². The third kappa shape index (κ3) is 68.9. The lowest BCUT2D eigenvalue weighted by molar-refractivity contribution is -0.167. The maximum atomic E-state index is 13.0. The van der Waals surface area contributed by atoms with E-state index in [1.165, 1.54) is 334 Å². The van der Waals surface area contributed by atoms with Crippen molar-refractivity contribution in [2.75, 3.05) is 13.2 Å². The Labute approximate surface area is 513 Å². The van der Waals surface area contributed by atoms with Crippen molar-refractivity contribution in [2.24, 2.45) is 0 Å². The molecule has 0 bridgehead atoms. The molecular formula is C76H146O6. The first-order chi connectivity index (χ1) is 40.5. The SMILES string of the molecule is CCCCCCCCC/C=C\CCCCCCCC(=O)OCC(COC(=O)CCCCCCCCCCCCCCCCCCCCCCCCCC)OC(=O)CCCCCCCCCCCCCCCCCCCCCCCCCC. The van der Waals surface area contributed by atoms with Crippen LogP contribution in [0.2, 0.25) is 0 Å². The molecule has 0 heterocycles. The summed E-state index contributed by atoms with van der Waals surface area (Å²) in [7, 11) is 0. The van der Waals surface area contributed by atoms with E-state index in [-0.39, 0.29) is 31.1 Å². The summed E-state index contributed by atoms with van der Waals surface area (Å²) in [5.41, 5.74) is 0. The van der Waals surface area contributed by atoms with E-state index in [0.717, 1.165) is 64.2 Å². The minimum Gasteiger partial charge on any atom is -0.462 e. The molecule has 0 aliphatic rings. The van der Waals surface area contributed by atoms with E-state index >= 15 is 0 Å². The number of allylic oxidation sites excluding steroid dienone is 2. The summed E-state index contributed by atoms with van der Waals surface area (Å²) in [6.07, 6.45) is 86.9. The number of carbonyl (C=O) groups is 3. The predicted molar refractivity (Wildman–Crippen MR) is 358 cm³/mol. The van der Waals surface area contributed by atoms with Crippen LogP contribution >= 0.6 is 0 Å². The number of carbonyl (C=O) groups excluding carboxylic acids is 3. The van der Waals surface area contributed by atoms with Crippen molar-refractivity contribution in [3.05, 3.63) is 12.2 Å². The monoisotopic (exact) mass is 1160 g/mol. The zero-order valence-electron chi connectivity index (χ0n) is 56.1. The van der Waals surface area contributed by atoms with Crippen LogP contribution in [-0.2, 0) is 28.6 Å². The maximum absolute atomic E-state index is 13.0. The Morgan fingerprint density at radius 3 is 0.610 bits per heavy atom. The van der Waals surface area contributed by atoms with Gasteiger partial charge in [-0.3, -0.25) is 14.4 Å². The highest BCUT2D eigenvalue weighted by Crippen LogP contribution is 2.20. The van der Waals surface area contributed by atoms with E-state index < -0.39 is 6.10 Å². The van der Waals surface area contributed by atoms with Crippen LogP contribution in [0.3, 0.4) is 0 Å². The lowest BCUT2D eigenvalue weighted by atomic mass is 10.0. The Kier molecular flexibility index (Phi) is 70.0. The second-order valence-corrected chi connectivity index (χ2v) is 25.9. The van der Waals surface area contributed by atoms with Crippen molar-refractivity contribution in [1.29, 1.82) is 0 Å². The third-order valence-corrected chi connectivity index (χ3v) is 17.5. The lowest BCUT2D eigenvalue weighted by Gasteiger charge is -2.18. The van der Waals surface area contributed by atoms with Crippen LogP contribution in [0.15, 0.2) is 12.2 Å². The molecule has 0 amide bonds. The molecule has 0 aromatic heterocycles. The molecule has 6 heteroatoms. The van der Waals surface area contributed by atoms with Crippen LogP contribution in [0, 0.1) is 0 Å². The van der Waals surface area contributed by atoms with E-state index in [9.17, 15) is 14.4 Å². The van der Waals surface area contributed by atoms with E-state index in [2.05, 4.69) is 32.9 Å². The Balaban J connectivity index is 4.24. The molecule has 1 unspecified atom stereocenters. The van der Waals surface area contributed by atoms with Gasteiger partial charge in [0.2, 0.25) is 0 Å². The number of unbranched alkanes of at least 4 members (excludes halogenated alkanes) is 58. The molecule has 0 saturated heterocycles. The van der Waals surface area contributed by atoms with E-state index in [4.69, 9.17) is 14.2 Å². The van der Waals surface area contributed by atoms with Gasteiger partial charge in [0, 0.05) is 19.3 Å². The van der Waals surface area contributed by atoms with Crippen molar-refractivity contribution in [3.8, 4) is 0 Å². The lowest BCUT2D eigenvalue weighted by Crippen LogP contribution is -2.30. The minimum absolute atomic E-state index is 0.0653. The molecule has 0 radical (unpaired) electrons. The van der Waals surface area contributed by atoms with Crippen molar-refractivity contribution in [2.45, 2.75) is 444 Å². The van der Waals surface area contributed by atoms with Crippen molar-refractivity contribution >= 4 is 17.9 Å². The van der Waals surface area contributed by atoms with Gasteiger partial charge in [-0.25, -0.2) is 0 Å². The van der Waals surface area contributed by atoms with E-state index in [1.54, 1.807) is 0 Å². The minimum atomic E-state index is -0.771. The van der Waals surface area contributed by atoms with Crippen LogP contribution in [0.5, 0.6) is 0 Å². The summed E-state index contributed by atoms with van der Waals surface area (Å²) < 4.78 is 17.0. The summed E-state index contributed by atoms with van der Waals surface area (Å²) in [5, 5.41) is 0. The summed E-state index contributed by atoms with van der Waals surface area (Å²) in [6.45, 7) is 6.74. The molecule has 0 aromatic carbocycles. The Bertz CT molecular complexity index is 1280. The molecule has 0 aromatic rings. The van der Waals surface area contributed by atoms with Crippen LogP contribution < -0.4 is 0 Å². The molecule has 0 spiro atoms. The van der Waals surface area contributed by atoms with Crippen LogP contribution in [-0.4, -0.2) is 37.2 Å². The number of esters is 3. The van der Waals surface area contributed by atoms with Gasteiger partial charge in [0.05, 0.1) is 0 Å². The molecule has 0 N–H and O–H groups in total. The fraction of sp³-hybridized carbons (Fsp3) is 0.934. The molecule has 0 rings (SSSR count). The average molecular weight is 1160 g/mol. The van der Waals surface area contributed by atoms with Gasteiger partial charge in [-0.1, -0.05) is 386 Å².